The Hall–Kier alpha value is -2.73. The Morgan fingerprint density at radius 1 is 1.07 bits per heavy atom. The molecule has 5 nitrogen and oxygen atoms in total. The van der Waals surface area contributed by atoms with Crippen molar-refractivity contribution in [3.8, 4) is 0 Å². The molecule has 1 heterocycles. The zero-order valence-electron chi connectivity index (χ0n) is 15.2. The average Bonchev–Trinajstić information content (AvgIpc) is 3.16. The van der Waals surface area contributed by atoms with Gasteiger partial charge in [-0.05, 0) is 18.6 Å². The van der Waals surface area contributed by atoms with Gasteiger partial charge in [0.05, 0.1) is 5.92 Å². The highest BCUT2D eigenvalue weighted by molar-refractivity contribution is 8.13. The Morgan fingerprint density at radius 3 is 2.56 bits per heavy atom. The maximum atomic E-state index is 12.7. The predicted molar refractivity (Wildman–Crippen MR) is 105 cm³/mol. The molecule has 0 radical (unpaired) electrons. The average molecular weight is 380 g/mol. The summed E-state index contributed by atoms with van der Waals surface area (Å²) < 4.78 is 5.38. The van der Waals surface area contributed by atoms with E-state index < -0.39 is 0 Å². The van der Waals surface area contributed by atoms with Crippen molar-refractivity contribution < 1.29 is 14.1 Å². The van der Waals surface area contributed by atoms with E-state index in [-0.39, 0.29) is 16.8 Å². The van der Waals surface area contributed by atoms with Crippen LogP contribution in [0.1, 0.15) is 53.0 Å². The standard InChI is InChI=1S/C21H20N2O3S/c1-14(21-22-19(23-26-21)11-12-27-15(2)24)17-9-6-10-18(13-17)20(25)16-7-4-3-5-8-16/h3-10,13-14H,11-12H2,1-2H3. The van der Waals surface area contributed by atoms with E-state index in [4.69, 9.17) is 4.52 Å². The fourth-order valence-electron chi connectivity index (χ4n) is 2.68. The molecule has 1 unspecified atom stereocenters. The van der Waals surface area contributed by atoms with Crippen molar-refractivity contribution in [2.45, 2.75) is 26.2 Å². The number of thioether (sulfide) groups is 1. The predicted octanol–water partition coefficient (Wildman–Crippen LogP) is 4.27. The third kappa shape index (κ3) is 4.92. The van der Waals surface area contributed by atoms with Gasteiger partial charge in [-0.1, -0.05) is 65.4 Å². The lowest BCUT2D eigenvalue weighted by atomic mass is 9.95. The van der Waals surface area contributed by atoms with E-state index in [0.29, 0.717) is 35.0 Å². The van der Waals surface area contributed by atoms with Crippen LogP contribution in [-0.4, -0.2) is 26.8 Å². The van der Waals surface area contributed by atoms with Crippen LogP contribution >= 0.6 is 11.8 Å². The highest BCUT2D eigenvalue weighted by Gasteiger charge is 2.18. The number of hydrogen-bond donors (Lipinski definition) is 0. The number of nitrogens with zero attached hydrogens (tertiary/aromatic N) is 2. The van der Waals surface area contributed by atoms with Gasteiger partial charge in [0, 0.05) is 30.2 Å². The van der Waals surface area contributed by atoms with Crippen LogP contribution in [0.15, 0.2) is 59.1 Å². The highest BCUT2D eigenvalue weighted by Crippen LogP contribution is 2.24. The van der Waals surface area contributed by atoms with Crippen molar-refractivity contribution in [3.05, 3.63) is 83.0 Å². The van der Waals surface area contributed by atoms with Gasteiger partial charge in [-0.3, -0.25) is 9.59 Å². The molecule has 1 atom stereocenters. The van der Waals surface area contributed by atoms with E-state index in [1.54, 1.807) is 0 Å². The smallest absolute Gasteiger partial charge is 0.233 e. The van der Waals surface area contributed by atoms with Crippen LogP contribution in [0.3, 0.4) is 0 Å². The van der Waals surface area contributed by atoms with Crippen molar-refractivity contribution in [3.63, 3.8) is 0 Å². The molecule has 0 spiro atoms. The zero-order valence-corrected chi connectivity index (χ0v) is 16.0. The number of aryl methyl sites for hydroxylation is 1. The minimum atomic E-state index is -0.129. The molecule has 27 heavy (non-hydrogen) atoms. The molecule has 0 saturated carbocycles. The van der Waals surface area contributed by atoms with E-state index in [9.17, 15) is 9.59 Å². The molecule has 0 fully saturated rings. The molecular weight excluding hydrogens is 360 g/mol. The summed E-state index contributed by atoms with van der Waals surface area (Å²) in [5.74, 6) is 1.57. The van der Waals surface area contributed by atoms with Gasteiger partial charge < -0.3 is 4.52 Å². The van der Waals surface area contributed by atoms with Crippen molar-refractivity contribution >= 4 is 22.7 Å². The largest absolute Gasteiger partial charge is 0.339 e. The Balaban J connectivity index is 1.74. The van der Waals surface area contributed by atoms with Crippen molar-refractivity contribution in [2.24, 2.45) is 0 Å². The molecular formula is C21H20N2O3S. The Kier molecular flexibility index (Phi) is 6.19. The van der Waals surface area contributed by atoms with Gasteiger partial charge in [0.25, 0.3) is 0 Å². The van der Waals surface area contributed by atoms with E-state index >= 15 is 0 Å². The number of hydrogen-bond acceptors (Lipinski definition) is 6. The molecule has 3 rings (SSSR count). The molecule has 3 aromatic rings. The lowest BCUT2D eigenvalue weighted by Gasteiger charge is -2.09. The van der Waals surface area contributed by atoms with E-state index in [0.717, 1.165) is 5.56 Å². The summed E-state index contributed by atoms with van der Waals surface area (Å²) in [4.78, 5) is 28.1. The van der Waals surface area contributed by atoms with Gasteiger partial charge in [-0.25, -0.2) is 0 Å². The monoisotopic (exact) mass is 380 g/mol. The van der Waals surface area contributed by atoms with Crippen LogP contribution in [0, 0.1) is 0 Å². The van der Waals surface area contributed by atoms with Crippen molar-refractivity contribution in [1.82, 2.24) is 10.1 Å². The summed E-state index contributed by atoms with van der Waals surface area (Å²) in [5, 5.41) is 4.06. The van der Waals surface area contributed by atoms with Crippen LogP contribution in [0.2, 0.25) is 0 Å². The molecule has 0 aliphatic rings. The maximum Gasteiger partial charge on any atom is 0.233 e. The number of rotatable bonds is 7. The lowest BCUT2D eigenvalue weighted by Crippen LogP contribution is -2.04. The Labute approximate surface area is 162 Å². The van der Waals surface area contributed by atoms with Crippen LogP contribution in [0.4, 0.5) is 0 Å². The zero-order chi connectivity index (χ0) is 19.2. The van der Waals surface area contributed by atoms with E-state index in [1.807, 2.05) is 61.5 Å². The lowest BCUT2D eigenvalue weighted by molar-refractivity contribution is -0.109. The van der Waals surface area contributed by atoms with Gasteiger partial charge >= 0.3 is 0 Å². The van der Waals surface area contributed by atoms with Gasteiger partial charge in [0.2, 0.25) is 5.89 Å². The first-order chi connectivity index (χ1) is 13.0. The quantitative estimate of drug-likeness (QED) is 0.570. The van der Waals surface area contributed by atoms with Gasteiger partial charge in [0.15, 0.2) is 16.7 Å². The Bertz CT molecular complexity index is 937. The van der Waals surface area contributed by atoms with Crippen LogP contribution in [0.5, 0.6) is 0 Å². The summed E-state index contributed by atoms with van der Waals surface area (Å²) in [6.45, 7) is 3.51. The van der Waals surface area contributed by atoms with Crippen LogP contribution < -0.4 is 0 Å². The molecule has 1 aromatic heterocycles. The Morgan fingerprint density at radius 2 is 1.81 bits per heavy atom. The molecule has 138 valence electrons. The first kappa shape index (κ1) is 19.0. The molecule has 2 aromatic carbocycles. The van der Waals surface area contributed by atoms with Crippen molar-refractivity contribution in [1.29, 1.82) is 0 Å². The van der Waals surface area contributed by atoms with Gasteiger partial charge in [-0.2, -0.15) is 4.98 Å². The molecule has 0 amide bonds. The first-order valence-electron chi connectivity index (χ1n) is 8.70. The molecule has 6 heteroatoms. The van der Waals surface area contributed by atoms with Crippen LogP contribution in [0.25, 0.3) is 0 Å². The third-order valence-corrected chi connectivity index (χ3v) is 4.98. The summed E-state index contributed by atoms with van der Waals surface area (Å²) in [5.41, 5.74) is 2.22. The number of benzene rings is 2. The maximum absolute atomic E-state index is 12.7. The van der Waals surface area contributed by atoms with E-state index in [2.05, 4.69) is 10.1 Å². The third-order valence-electron chi connectivity index (χ3n) is 4.17. The first-order valence-corrected chi connectivity index (χ1v) is 9.68. The number of carbonyl (C=O) groups is 2. The minimum Gasteiger partial charge on any atom is -0.339 e. The summed E-state index contributed by atoms with van der Waals surface area (Å²) in [6.07, 6.45) is 0.576. The number of aromatic nitrogens is 2. The second kappa shape index (κ2) is 8.77. The molecule has 0 aliphatic carbocycles. The topological polar surface area (TPSA) is 73.1 Å². The fraction of sp³-hybridized carbons (Fsp3) is 0.238. The normalized spacial score (nSPS) is 11.9. The molecule has 0 saturated heterocycles. The van der Waals surface area contributed by atoms with Gasteiger partial charge in [0.1, 0.15) is 0 Å². The van der Waals surface area contributed by atoms with E-state index in [1.165, 1.54) is 18.7 Å². The summed E-state index contributed by atoms with van der Waals surface area (Å²) in [6, 6.07) is 16.7. The number of ketones is 1. The molecule has 0 N–H and O–H groups in total. The highest BCUT2D eigenvalue weighted by atomic mass is 32.2. The fourth-order valence-corrected chi connectivity index (χ4v) is 3.25. The minimum absolute atomic E-state index is 0.0166. The summed E-state index contributed by atoms with van der Waals surface area (Å²) in [7, 11) is 0. The van der Waals surface area contributed by atoms with Crippen LogP contribution in [-0.2, 0) is 11.2 Å². The van der Waals surface area contributed by atoms with Crippen molar-refractivity contribution in [2.75, 3.05) is 5.75 Å². The second-order valence-electron chi connectivity index (χ2n) is 6.18. The molecule has 0 bridgehead atoms. The van der Waals surface area contributed by atoms with Gasteiger partial charge in [-0.15, -0.1) is 0 Å². The SMILES string of the molecule is CC(=O)SCCc1noc(C(C)c2cccc(C(=O)c3ccccc3)c2)n1. The second-order valence-corrected chi connectivity index (χ2v) is 7.45. The molecule has 0 aliphatic heterocycles. The summed E-state index contributed by atoms with van der Waals surface area (Å²) >= 11 is 1.25. The number of carbonyl (C=O) groups excluding carboxylic acids is 2.